The van der Waals surface area contributed by atoms with Gasteiger partial charge in [0.2, 0.25) is 0 Å². The van der Waals surface area contributed by atoms with Crippen LogP contribution in [-0.4, -0.2) is 28.2 Å². The van der Waals surface area contributed by atoms with Gasteiger partial charge in [-0.2, -0.15) is 4.98 Å². The number of fused-ring (bicyclic) bond motifs is 1. The number of hydrogen-bond acceptors (Lipinski definition) is 6. The van der Waals surface area contributed by atoms with Gasteiger partial charge in [-0.3, -0.25) is 14.2 Å². The summed E-state index contributed by atoms with van der Waals surface area (Å²) in [4.78, 5) is 37.4. The Labute approximate surface area is 250 Å². The van der Waals surface area contributed by atoms with Gasteiger partial charge in [0.1, 0.15) is 0 Å². The number of hydrogen-bond donors (Lipinski definition) is 1. The number of ether oxygens (including phenoxy) is 1. The quantitative estimate of drug-likeness (QED) is 0.209. The number of methoxy groups -OCH3 is 1. The molecule has 1 aromatic heterocycles. The molecule has 1 N–H and O–H groups in total. The number of anilines is 1. The van der Waals surface area contributed by atoms with E-state index in [1.54, 1.807) is 7.05 Å². The lowest BCUT2D eigenvalue weighted by Gasteiger charge is -2.35. The van der Waals surface area contributed by atoms with Crippen molar-refractivity contribution in [2.45, 2.75) is 18.4 Å². The van der Waals surface area contributed by atoms with E-state index >= 15 is 0 Å². The first-order chi connectivity index (χ1) is 21.0. The van der Waals surface area contributed by atoms with Crippen LogP contribution in [0.2, 0.25) is 0 Å². The normalized spacial score (nSPS) is 16.7. The van der Waals surface area contributed by atoms with Gasteiger partial charge in [0.05, 0.1) is 18.9 Å². The standard InChI is InChI=1S/C36H32N4O3/c1-40-35(42)33-34(39-36(40)43-2)38-32(27-21-13-6-14-22-27)30(31(37-33)26-19-11-5-12-20-26)28(24-15-7-3-8-16-24)23-29(41)25-17-9-4-10-18-25/h3-22,28,30,32,38H,23H2,1-2H3/t28-,30-,32+/m0/s1. The first-order valence-corrected chi connectivity index (χ1v) is 14.3. The van der Waals surface area contributed by atoms with Crippen molar-refractivity contribution in [1.29, 1.82) is 0 Å². The van der Waals surface area contributed by atoms with Gasteiger partial charge in [0.15, 0.2) is 17.3 Å². The maximum absolute atomic E-state index is 13.9. The second-order valence-electron chi connectivity index (χ2n) is 10.6. The van der Waals surface area contributed by atoms with E-state index in [4.69, 9.17) is 9.73 Å². The third kappa shape index (κ3) is 5.62. The van der Waals surface area contributed by atoms with Crippen LogP contribution >= 0.6 is 0 Å². The predicted molar refractivity (Wildman–Crippen MR) is 170 cm³/mol. The number of carbonyl (C=O) groups excluding carboxylic acids is 1. The van der Waals surface area contributed by atoms with Crippen LogP contribution in [0.5, 0.6) is 6.01 Å². The number of nitrogens with one attached hydrogen (secondary N) is 1. The summed E-state index contributed by atoms with van der Waals surface area (Å²) in [5, 5.41) is 3.60. The molecule has 0 saturated heterocycles. The second-order valence-corrected chi connectivity index (χ2v) is 10.6. The van der Waals surface area contributed by atoms with Crippen molar-refractivity contribution in [3.8, 4) is 6.01 Å². The number of Topliss-reactive ketones (excluding diaryl/α,β-unsaturated/α-hetero) is 1. The highest BCUT2D eigenvalue weighted by molar-refractivity contribution is 6.06. The van der Waals surface area contributed by atoms with Crippen molar-refractivity contribution in [2.75, 3.05) is 12.4 Å². The van der Waals surface area contributed by atoms with Crippen molar-refractivity contribution < 1.29 is 9.53 Å². The number of carbonyl (C=O) groups is 1. The molecule has 0 spiro atoms. The molecule has 1 aliphatic rings. The molecule has 6 rings (SSSR count). The van der Waals surface area contributed by atoms with Gasteiger partial charge in [-0.25, -0.2) is 4.99 Å². The lowest BCUT2D eigenvalue weighted by atomic mass is 9.72. The molecule has 0 saturated carbocycles. The molecule has 1 aliphatic heterocycles. The van der Waals surface area contributed by atoms with Crippen LogP contribution in [0, 0.1) is 5.92 Å². The van der Waals surface area contributed by atoms with Gasteiger partial charge in [0, 0.05) is 30.9 Å². The number of rotatable bonds is 8. The Balaban J connectivity index is 1.63. The third-order valence-corrected chi connectivity index (χ3v) is 8.00. The van der Waals surface area contributed by atoms with Crippen LogP contribution in [0.25, 0.3) is 0 Å². The molecule has 214 valence electrons. The van der Waals surface area contributed by atoms with Crippen molar-refractivity contribution in [1.82, 2.24) is 9.55 Å². The number of aromatic nitrogens is 2. The molecule has 43 heavy (non-hydrogen) atoms. The van der Waals surface area contributed by atoms with Crippen LogP contribution in [0.1, 0.15) is 45.4 Å². The Kier molecular flexibility index (Phi) is 7.96. The van der Waals surface area contributed by atoms with Crippen LogP contribution in [0.15, 0.2) is 131 Å². The fourth-order valence-corrected chi connectivity index (χ4v) is 5.88. The Bertz CT molecular complexity index is 1800. The summed E-state index contributed by atoms with van der Waals surface area (Å²) in [5.41, 5.74) is 4.10. The Morgan fingerprint density at radius 3 is 2.07 bits per heavy atom. The van der Waals surface area contributed by atoms with Crippen molar-refractivity contribution in [2.24, 2.45) is 18.0 Å². The van der Waals surface area contributed by atoms with E-state index in [0.29, 0.717) is 17.1 Å². The summed E-state index contributed by atoms with van der Waals surface area (Å²) >= 11 is 0. The van der Waals surface area contributed by atoms with Crippen molar-refractivity contribution in [3.63, 3.8) is 0 Å². The number of aliphatic imine (C=N–C) groups is 1. The topological polar surface area (TPSA) is 85.6 Å². The van der Waals surface area contributed by atoms with Crippen LogP contribution in [0.4, 0.5) is 11.5 Å². The highest BCUT2D eigenvalue weighted by Crippen LogP contribution is 2.45. The smallest absolute Gasteiger partial charge is 0.300 e. The highest BCUT2D eigenvalue weighted by Gasteiger charge is 2.40. The van der Waals surface area contributed by atoms with E-state index in [1.807, 2.05) is 97.1 Å². The molecule has 2 heterocycles. The first kappa shape index (κ1) is 27.8. The van der Waals surface area contributed by atoms with E-state index in [1.165, 1.54) is 11.7 Å². The minimum Gasteiger partial charge on any atom is -0.468 e. The Morgan fingerprint density at radius 2 is 1.44 bits per heavy atom. The van der Waals surface area contributed by atoms with Crippen LogP contribution in [0.3, 0.4) is 0 Å². The lowest BCUT2D eigenvalue weighted by Crippen LogP contribution is -2.34. The van der Waals surface area contributed by atoms with Gasteiger partial charge in [-0.05, 0) is 16.7 Å². The molecule has 4 aromatic carbocycles. The zero-order valence-corrected chi connectivity index (χ0v) is 24.1. The van der Waals surface area contributed by atoms with E-state index < -0.39 is 0 Å². The van der Waals surface area contributed by atoms with Crippen LogP contribution in [-0.2, 0) is 7.05 Å². The van der Waals surface area contributed by atoms with Gasteiger partial charge in [-0.15, -0.1) is 0 Å². The summed E-state index contributed by atoms with van der Waals surface area (Å²) in [6.07, 6.45) is 0.237. The first-order valence-electron chi connectivity index (χ1n) is 14.3. The molecule has 0 radical (unpaired) electrons. The second kappa shape index (κ2) is 12.3. The molecule has 5 aromatic rings. The summed E-state index contributed by atoms with van der Waals surface area (Å²) < 4.78 is 6.81. The summed E-state index contributed by atoms with van der Waals surface area (Å²) in [6.45, 7) is 0. The minimum atomic E-state index is -0.389. The molecule has 0 bridgehead atoms. The molecular weight excluding hydrogens is 536 g/mol. The maximum atomic E-state index is 13.9. The molecule has 7 heteroatoms. The van der Waals surface area contributed by atoms with Crippen molar-refractivity contribution >= 4 is 23.0 Å². The fourth-order valence-electron chi connectivity index (χ4n) is 5.88. The van der Waals surface area contributed by atoms with Crippen molar-refractivity contribution in [3.05, 3.63) is 154 Å². The number of ketones is 1. The third-order valence-electron chi connectivity index (χ3n) is 8.00. The fraction of sp³-hybridized carbons (Fsp3) is 0.167. The Hall–Kier alpha value is -5.30. The van der Waals surface area contributed by atoms with E-state index in [9.17, 15) is 9.59 Å². The largest absolute Gasteiger partial charge is 0.468 e. The minimum absolute atomic E-state index is 0.0335. The highest BCUT2D eigenvalue weighted by atomic mass is 16.5. The molecule has 0 aliphatic carbocycles. The molecule has 0 unspecified atom stereocenters. The summed E-state index contributed by atoms with van der Waals surface area (Å²) in [6, 6.07) is 39.2. The summed E-state index contributed by atoms with van der Waals surface area (Å²) in [5.74, 6) is -0.299. The van der Waals surface area contributed by atoms with Gasteiger partial charge >= 0.3 is 6.01 Å². The van der Waals surface area contributed by atoms with Crippen LogP contribution < -0.4 is 15.6 Å². The van der Waals surface area contributed by atoms with Gasteiger partial charge in [0.25, 0.3) is 5.56 Å². The van der Waals surface area contributed by atoms with E-state index in [-0.39, 0.29) is 47.3 Å². The van der Waals surface area contributed by atoms with E-state index in [2.05, 4.69) is 34.6 Å². The predicted octanol–water partition coefficient (Wildman–Crippen LogP) is 6.75. The SMILES string of the molecule is COc1nc2c(c(=O)n1C)N=C(c1ccccc1)[C@H]([C@@H](CC(=O)c1ccccc1)c1ccccc1)[C@@H](c1ccccc1)N2. The zero-order valence-electron chi connectivity index (χ0n) is 24.1. The lowest BCUT2D eigenvalue weighted by molar-refractivity contribution is 0.0967. The maximum Gasteiger partial charge on any atom is 0.300 e. The zero-order chi connectivity index (χ0) is 29.8. The molecule has 7 nitrogen and oxygen atoms in total. The molecule has 0 fully saturated rings. The van der Waals surface area contributed by atoms with Gasteiger partial charge < -0.3 is 10.1 Å². The molecular formula is C36H32N4O3. The van der Waals surface area contributed by atoms with E-state index in [0.717, 1.165) is 16.7 Å². The summed E-state index contributed by atoms with van der Waals surface area (Å²) in [7, 11) is 3.11. The number of nitrogens with zero attached hydrogens (tertiary/aromatic N) is 3. The average Bonchev–Trinajstić information content (AvgIpc) is 3.24. The number of benzene rings is 4. The Morgan fingerprint density at radius 1 is 0.860 bits per heavy atom. The van der Waals surface area contributed by atoms with Gasteiger partial charge in [-0.1, -0.05) is 121 Å². The average molecular weight is 569 g/mol. The molecule has 3 atom stereocenters. The molecule has 0 amide bonds. The monoisotopic (exact) mass is 568 g/mol.